The van der Waals surface area contributed by atoms with Gasteiger partial charge in [0.05, 0.1) is 12.7 Å². The predicted molar refractivity (Wildman–Crippen MR) is 46.3 cm³/mol. The molecule has 1 fully saturated rings. The molecule has 0 aromatic rings. The first-order valence-corrected chi connectivity index (χ1v) is 4.33. The van der Waals surface area contributed by atoms with E-state index in [1.807, 2.05) is 0 Å². The van der Waals surface area contributed by atoms with Gasteiger partial charge < -0.3 is 10.5 Å². The topological polar surface area (TPSA) is 35.2 Å². The Morgan fingerprint density at radius 3 is 2.18 bits per heavy atom. The van der Waals surface area contributed by atoms with Gasteiger partial charge >= 0.3 is 0 Å². The minimum absolute atomic E-state index is 0.314. The van der Waals surface area contributed by atoms with E-state index < -0.39 is 0 Å². The van der Waals surface area contributed by atoms with Crippen LogP contribution in [0.1, 0.15) is 27.7 Å². The Labute approximate surface area is 69.1 Å². The molecule has 2 N–H and O–H groups in total. The first-order valence-electron chi connectivity index (χ1n) is 4.33. The van der Waals surface area contributed by atoms with Crippen molar-refractivity contribution in [1.82, 2.24) is 0 Å². The second kappa shape index (κ2) is 2.76. The molecule has 0 unspecified atom stereocenters. The van der Waals surface area contributed by atoms with Crippen LogP contribution in [-0.4, -0.2) is 18.8 Å². The summed E-state index contributed by atoms with van der Waals surface area (Å²) in [7, 11) is 0. The molecule has 0 aliphatic heterocycles. The minimum atomic E-state index is 0.314. The molecule has 2 heteroatoms. The summed E-state index contributed by atoms with van der Waals surface area (Å²) in [6.45, 7) is 9.34. The maximum Gasteiger partial charge on any atom is 0.0519 e. The molecule has 1 saturated carbocycles. The molecule has 1 aliphatic rings. The van der Waals surface area contributed by atoms with Crippen molar-refractivity contribution in [3.05, 3.63) is 0 Å². The lowest BCUT2D eigenvalue weighted by atomic mass is 10.1. The van der Waals surface area contributed by atoms with Gasteiger partial charge in [0.1, 0.15) is 0 Å². The summed E-state index contributed by atoms with van der Waals surface area (Å²) in [5.41, 5.74) is 6.16. The zero-order valence-corrected chi connectivity index (χ0v) is 7.92. The van der Waals surface area contributed by atoms with Crippen molar-refractivity contribution < 1.29 is 4.74 Å². The van der Waals surface area contributed by atoms with Crippen LogP contribution in [0.4, 0.5) is 0 Å². The largest absolute Gasteiger partial charge is 0.378 e. The quantitative estimate of drug-likeness (QED) is 0.672. The third-order valence-electron chi connectivity index (χ3n) is 2.75. The number of hydrogen-bond acceptors (Lipinski definition) is 2. The van der Waals surface area contributed by atoms with E-state index in [2.05, 4.69) is 27.7 Å². The van der Waals surface area contributed by atoms with Crippen LogP contribution in [0, 0.1) is 11.3 Å². The monoisotopic (exact) mass is 157 g/mol. The molecule has 66 valence electrons. The van der Waals surface area contributed by atoms with Crippen LogP contribution in [0.5, 0.6) is 0 Å². The van der Waals surface area contributed by atoms with Crippen LogP contribution >= 0.6 is 0 Å². The van der Waals surface area contributed by atoms with Gasteiger partial charge in [0.25, 0.3) is 0 Å². The lowest BCUT2D eigenvalue weighted by Crippen LogP contribution is -2.10. The van der Waals surface area contributed by atoms with Crippen LogP contribution in [0.15, 0.2) is 0 Å². The fourth-order valence-corrected chi connectivity index (χ4v) is 1.40. The summed E-state index contributed by atoms with van der Waals surface area (Å²) in [4.78, 5) is 0. The van der Waals surface area contributed by atoms with Gasteiger partial charge in [-0.15, -0.1) is 0 Å². The van der Waals surface area contributed by atoms with Crippen LogP contribution < -0.4 is 5.73 Å². The zero-order valence-electron chi connectivity index (χ0n) is 7.92. The van der Waals surface area contributed by atoms with Crippen LogP contribution in [0.3, 0.4) is 0 Å². The molecule has 0 bridgehead atoms. The van der Waals surface area contributed by atoms with E-state index in [9.17, 15) is 0 Å². The predicted octanol–water partition coefficient (Wildman–Crippen LogP) is 1.39. The van der Waals surface area contributed by atoms with Crippen LogP contribution in [-0.2, 0) is 4.74 Å². The molecule has 0 saturated heterocycles. The Hall–Kier alpha value is -0.0800. The smallest absolute Gasteiger partial charge is 0.0519 e. The highest BCUT2D eigenvalue weighted by molar-refractivity contribution is 5.08. The molecule has 1 rings (SSSR count). The van der Waals surface area contributed by atoms with Gasteiger partial charge in [0, 0.05) is 12.0 Å². The second-order valence-electron chi connectivity index (χ2n) is 4.34. The Balaban J connectivity index is 2.22. The first-order chi connectivity index (χ1) is 4.96. The molecule has 2 nitrogen and oxygen atoms in total. The number of rotatable bonds is 3. The summed E-state index contributed by atoms with van der Waals surface area (Å²) < 4.78 is 5.49. The Morgan fingerprint density at radius 2 is 1.91 bits per heavy atom. The van der Waals surface area contributed by atoms with Crippen molar-refractivity contribution in [3.8, 4) is 0 Å². The second-order valence-corrected chi connectivity index (χ2v) is 4.34. The van der Waals surface area contributed by atoms with E-state index in [1.165, 1.54) is 0 Å². The summed E-state index contributed by atoms with van der Waals surface area (Å²) in [5.74, 6) is 0.574. The van der Waals surface area contributed by atoms with Gasteiger partial charge in [-0.05, 0) is 19.3 Å². The molecule has 0 spiro atoms. The molecular weight excluding hydrogens is 138 g/mol. The molecule has 0 aromatic carbocycles. The average molecular weight is 157 g/mol. The molecular formula is C9H19NO. The van der Waals surface area contributed by atoms with E-state index in [1.54, 1.807) is 0 Å². The molecule has 0 heterocycles. The molecule has 0 aromatic heterocycles. The van der Waals surface area contributed by atoms with Crippen LogP contribution in [0.25, 0.3) is 0 Å². The van der Waals surface area contributed by atoms with Crippen molar-refractivity contribution in [2.75, 3.05) is 6.61 Å². The highest BCUT2D eigenvalue weighted by atomic mass is 16.5. The van der Waals surface area contributed by atoms with Gasteiger partial charge in [-0.2, -0.15) is 0 Å². The minimum Gasteiger partial charge on any atom is -0.378 e. The van der Waals surface area contributed by atoms with E-state index in [-0.39, 0.29) is 0 Å². The average Bonchev–Trinajstić information content (AvgIpc) is 2.30. The lowest BCUT2D eigenvalue weighted by molar-refractivity contribution is 0.0643. The normalized spacial score (nSPS) is 34.4. The van der Waals surface area contributed by atoms with Crippen molar-refractivity contribution in [3.63, 3.8) is 0 Å². The Kier molecular flexibility index (Phi) is 2.26. The molecule has 0 amide bonds. The number of hydrogen-bond donors (Lipinski definition) is 1. The molecule has 1 aliphatic carbocycles. The Bertz CT molecular complexity index is 142. The van der Waals surface area contributed by atoms with E-state index in [0.29, 0.717) is 23.5 Å². The van der Waals surface area contributed by atoms with Crippen molar-refractivity contribution >= 4 is 0 Å². The van der Waals surface area contributed by atoms with Crippen molar-refractivity contribution in [2.24, 2.45) is 17.1 Å². The highest BCUT2D eigenvalue weighted by Crippen LogP contribution is 2.50. The standard InChI is InChI=1S/C9H19NO/c1-6(2)11-5-7-8(10)9(7,3)4/h6-8H,5,10H2,1-4H3/t7-,8-/m1/s1. The van der Waals surface area contributed by atoms with Gasteiger partial charge in [0.2, 0.25) is 0 Å². The fourth-order valence-electron chi connectivity index (χ4n) is 1.40. The van der Waals surface area contributed by atoms with Gasteiger partial charge in [-0.3, -0.25) is 0 Å². The maximum atomic E-state index is 5.85. The summed E-state index contributed by atoms with van der Waals surface area (Å²) >= 11 is 0. The number of ether oxygens (including phenoxy) is 1. The number of nitrogens with two attached hydrogens (primary N) is 1. The zero-order chi connectivity index (χ0) is 8.65. The summed E-state index contributed by atoms with van der Waals surface area (Å²) in [5, 5.41) is 0. The van der Waals surface area contributed by atoms with Gasteiger partial charge in [-0.25, -0.2) is 0 Å². The summed E-state index contributed by atoms with van der Waals surface area (Å²) in [6.07, 6.45) is 0.332. The molecule has 2 atom stereocenters. The SMILES string of the molecule is CC(C)OC[C@@H]1[C@@H](N)C1(C)C. The molecule has 11 heavy (non-hydrogen) atoms. The van der Waals surface area contributed by atoms with E-state index in [0.717, 1.165) is 6.61 Å². The van der Waals surface area contributed by atoms with Crippen LogP contribution in [0.2, 0.25) is 0 Å². The van der Waals surface area contributed by atoms with Gasteiger partial charge in [0.15, 0.2) is 0 Å². The van der Waals surface area contributed by atoms with E-state index in [4.69, 9.17) is 10.5 Å². The third kappa shape index (κ3) is 1.74. The Morgan fingerprint density at radius 1 is 1.45 bits per heavy atom. The van der Waals surface area contributed by atoms with E-state index >= 15 is 0 Å². The third-order valence-corrected chi connectivity index (χ3v) is 2.75. The fraction of sp³-hybridized carbons (Fsp3) is 1.00. The van der Waals surface area contributed by atoms with Gasteiger partial charge in [-0.1, -0.05) is 13.8 Å². The highest BCUT2D eigenvalue weighted by Gasteiger charge is 2.55. The van der Waals surface area contributed by atoms with Crippen molar-refractivity contribution in [1.29, 1.82) is 0 Å². The summed E-state index contributed by atoms with van der Waals surface area (Å²) in [6, 6.07) is 0.348. The lowest BCUT2D eigenvalue weighted by Gasteiger charge is -2.07. The first kappa shape index (κ1) is 9.01. The molecule has 0 radical (unpaired) electrons. The maximum absolute atomic E-state index is 5.85. The van der Waals surface area contributed by atoms with Crippen molar-refractivity contribution in [2.45, 2.75) is 39.8 Å².